The van der Waals surface area contributed by atoms with Crippen LogP contribution in [-0.2, 0) is 16.1 Å². The van der Waals surface area contributed by atoms with Gasteiger partial charge in [-0.2, -0.15) is 0 Å². The molecule has 1 aromatic carbocycles. The average Bonchev–Trinajstić information content (AvgIpc) is 2.68. The molecule has 0 amide bonds. The number of esters is 1. The summed E-state index contributed by atoms with van der Waals surface area (Å²) < 4.78 is 6.38. The number of hydrogen-bond acceptors (Lipinski definition) is 5. The minimum Gasteiger partial charge on any atom is -0.466 e. The van der Waals surface area contributed by atoms with E-state index in [1.54, 1.807) is 36.7 Å². The summed E-state index contributed by atoms with van der Waals surface area (Å²) in [5.41, 5.74) is 0.736. The number of nitrogens with zero attached hydrogens (tertiary/aromatic N) is 2. The monoisotopic (exact) mass is 367 g/mol. The van der Waals surface area contributed by atoms with Gasteiger partial charge in [-0.1, -0.05) is 19.1 Å². The van der Waals surface area contributed by atoms with Crippen LogP contribution in [0.2, 0.25) is 0 Å². The van der Waals surface area contributed by atoms with Gasteiger partial charge in [0.1, 0.15) is 0 Å². The van der Waals surface area contributed by atoms with Crippen LogP contribution in [-0.4, -0.2) is 27.1 Å². The summed E-state index contributed by atoms with van der Waals surface area (Å²) >= 11 is 0. The van der Waals surface area contributed by atoms with Crippen LogP contribution < -0.4 is 11.2 Å². The Balaban J connectivity index is 1.53. The molecule has 27 heavy (non-hydrogen) atoms. The van der Waals surface area contributed by atoms with E-state index in [1.807, 2.05) is 19.1 Å². The van der Waals surface area contributed by atoms with E-state index < -0.39 is 5.69 Å². The molecule has 0 bridgehead atoms. The molecule has 0 unspecified atom stereocenters. The van der Waals surface area contributed by atoms with Crippen LogP contribution in [0, 0.1) is 0 Å². The molecule has 140 valence electrons. The van der Waals surface area contributed by atoms with Gasteiger partial charge in [-0.05, 0) is 42.2 Å². The minimum absolute atomic E-state index is 0.0338. The van der Waals surface area contributed by atoms with Gasteiger partial charge in [0.25, 0.3) is 5.56 Å². The second-order valence-electron chi connectivity index (χ2n) is 6.39. The number of carbonyl (C=O) groups is 1. The first-order chi connectivity index (χ1) is 13.1. The number of carbonyl (C=O) groups excluding carboxylic acids is 1. The highest BCUT2D eigenvalue weighted by Crippen LogP contribution is 2.18. The number of hydrogen-bond donors (Lipinski definition) is 1. The molecule has 0 saturated carbocycles. The predicted molar refractivity (Wildman–Crippen MR) is 102 cm³/mol. The van der Waals surface area contributed by atoms with Crippen molar-refractivity contribution < 1.29 is 9.53 Å². The molecule has 0 spiro atoms. The Bertz CT molecular complexity index is 1040. The van der Waals surface area contributed by atoms with Gasteiger partial charge in [0.2, 0.25) is 0 Å². The van der Waals surface area contributed by atoms with Gasteiger partial charge in [-0.25, -0.2) is 4.79 Å². The van der Waals surface area contributed by atoms with Crippen LogP contribution >= 0.6 is 0 Å². The third-order valence-corrected chi connectivity index (χ3v) is 4.43. The predicted octanol–water partition coefficient (Wildman–Crippen LogP) is 2.21. The fraction of sp³-hybridized carbons (Fsp3) is 0.300. The Kier molecular flexibility index (Phi) is 5.80. The van der Waals surface area contributed by atoms with Crippen molar-refractivity contribution in [2.75, 3.05) is 6.61 Å². The maximum absolute atomic E-state index is 12.4. The van der Waals surface area contributed by atoms with E-state index in [9.17, 15) is 14.4 Å². The molecular formula is C20H21N3O4. The van der Waals surface area contributed by atoms with Crippen molar-refractivity contribution in [3.8, 4) is 0 Å². The molecule has 1 atom stereocenters. The van der Waals surface area contributed by atoms with Crippen LogP contribution in [0.4, 0.5) is 0 Å². The lowest BCUT2D eigenvalue weighted by molar-refractivity contribution is -0.144. The van der Waals surface area contributed by atoms with Crippen molar-refractivity contribution in [3.05, 3.63) is 75.2 Å². The molecule has 0 aliphatic carbocycles. The molecule has 1 N–H and O–H groups in total. The summed E-state index contributed by atoms with van der Waals surface area (Å²) in [5.74, 6) is -0.273. The molecule has 3 aromatic rings. The quantitative estimate of drug-likeness (QED) is 0.510. The zero-order chi connectivity index (χ0) is 19.2. The van der Waals surface area contributed by atoms with Gasteiger partial charge in [-0.15, -0.1) is 0 Å². The molecular weight excluding hydrogens is 346 g/mol. The second-order valence-corrected chi connectivity index (χ2v) is 6.39. The molecule has 3 rings (SSSR count). The number of para-hydroxylation sites is 1. The smallest absolute Gasteiger partial charge is 0.328 e. The SMILES string of the molecule is C[C@H](CC(=O)OCCCn1c(=O)[nH]c2ccccc2c1=O)c1ccncc1. The number of nitrogens with one attached hydrogen (secondary N) is 1. The number of fused-ring (bicyclic) bond motifs is 1. The van der Waals surface area contributed by atoms with Crippen molar-refractivity contribution >= 4 is 16.9 Å². The highest BCUT2D eigenvalue weighted by molar-refractivity contribution is 5.76. The number of aromatic nitrogens is 3. The van der Waals surface area contributed by atoms with Gasteiger partial charge >= 0.3 is 11.7 Å². The van der Waals surface area contributed by atoms with E-state index in [1.165, 1.54) is 0 Å². The van der Waals surface area contributed by atoms with E-state index in [0.29, 0.717) is 17.3 Å². The zero-order valence-corrected chi connectivity index (χ0v) is 15.1. The van der Waals surface area contributed by atoms with Crippen molar-refractivity contribution in [2.24, 2.45) is 0 Å². The van der Waals surface area contributed by atoms with Crippen LogP contribution in [0.1, 0.15) is 31.2 Å². The average molecular weight is 367 g/mol. The van der Waals surface area contributed by atoms with Crippen LogP contribution in [0.25, 0.3) is 10.9 Å². The van der Waals surface area contributed by atoms with E-state index in [0.717, 1.165) is 10.1 Å². The lowest BCUT2D eigenvalue weighted by Gasteiger charge is -2.11. The van der Waals surface area contributed by atoms with Crippen LogP contribution in [0.15, 0.2) is 58.4 Å². The molecule has 7 nitrogen and oxygen atoms in total. The van der Waals surface area contributed by atoms with Gasteiger partial charge < -0.3 is 9.72 Å². The first kappa shape index (κ1) is 18.6. The Morgan fingerprint density at radius 2 is 1.93 bits per heavy atom. The van der Waals surface area contributed by atoms with Crippen molar-refractivity contribution in [1.29, 1.82) is 0 Å². The molecule has 0 aliphatic heterocycles. The van der Waals surface area contributed by atoms with E-state index in [2.05, 4.69) is 9.97 Å². The van der Waals surface area contributed by atoms with Crippen LogP contribution in [0.5, 0.6) is 0 Å². The van der Waals surface area contributed by atoms with E-state index in [4.69, 9.17) is 4.74 Å². The van der Waals surface area contributed by atoms with Gasteiger partial charge in [0, 0.05) is 18.9 Å². The third kappa shape index (κ3) is 4.49. The lowest BCUT2D eigenvalue weighted by atomic mass is 9.99. The maximum atomic E-state index is 12.4. The van der Waals surface area contributed by atoms with Crippen molar-refractivity contribution in [2.45, 2.75) is 32.2 Å². The third-order valence-electron chi connectivity index (χ3n) is 4.43. The second kappa shape index (κ2) is 8.44. The molecule has 2 heterocycles. The number of H-pyrrole nitrogens is 1. The summed E-state index contributed by atoms with van der Waals surface area (Å²) in [6, 6.07) is 10.6. The van der Waals surface area contributed by atoms with E-state index >= 15 is 0 Å². The summed E-state index contributed by atoms with van der Waals surface area (Å²) in [7, 11) is 0. The first-order valence-electron chi connectivity index (χ1n) is 8.83. The summed E-state index contributed by atoms with van der Waals surface area (Å²) in [6.45, 7) is 2.29. The zero-order valence-electron chi connectivity index (χ0n) is 15.1. The number of ether oxygens (including phenoxy) is 1. The minimum atomic E-state index is -0.462. The Hall–Kier alpha value is -3.22. The molecule has 0 saturated heterocycles. The largest absolute Gasteiger partial charge is 0.466 e. The molecule has 0 radical (unpaired) electrons. The number of pyridine rings is 1. The molecule has 0 aliphatic rings. The number of benzene rings is 1. The molecule has 0 fully saturated rings. The maximum Gasteiger partial charge on any atom is 0.328 e. The summed E-state index contributed by atoms with van der Waals surface area (Å²) in [6.07, 6.45) is 4.03. The van der Waals surface area contributed by atoms with Gasteiger partial charge in [0.15, 0.2) is 0 Å². The van der Waals surface area contributed by atoms with Gasteiger partial charge in [0.05, 0.1) is 23.9 Å². The highest BCUT2D eigenvalue weighted by Gasteiger charge is 2.12. The Morgan fingerprint density at radius 1 is 1.19 bits per heavy atom. The topological polar surface area (TPSA) is 94.0 Å². The van der Waals surface area contributed by atoms with Crippen molar-refractivity contribution in [1.82, 2.24) is 14.5 Å². The van der Waals surface area contributed by atoms with Crippen molar-refractivity contribution in [3.63, 3.8) is 0 Å². The highest BCUT2D eigenvalue weighted by atomic mass is 16.5. The molecule has 2 aromatic heterocycles. The number of aromatic amines is 1. The molecule has 7 heteroatoms. The van der Waals surface area contributed by atoms with Gasteiger partial charge in [-0.3, -0.25) is 19.1 Å². The number of rotatable bonds is 7. The Labute approximate surface area is 155 Å². The summed E-state index contributed by atoms with van der Waals surface area (Å²) in [5, 5.41) is 0.459. The normalized spacial score (nSPS) is 12.0. The lowest BCUT2D eigenvalue weighted by Crippen LogP contribution is -2.35. The van der Waals surface area contributed by atoms with E-state index in [-0.39, 0.29) is 37.0 Å². The Morgan fingerprint density at radius 3 is 2.70 bits per heavy atom. The fourth-order valence-corrected chi connectivity index (χ4v) is 2.93. The van der Waals surface area contributed by atoms with Crippen LogP contribution in [0.3, 0.4) is 0 Å². The fourth-order valence-electron chi connectivity index (χ4n) is 2.93. The first-order valence-corrected chi connectivity index (χ1v) is 8.83. The standard InChI is InChI=1S/C20H21N3O4/c1-14(15-7-9-21-10-8-15)13-18(24)27-12-4-11-23-19(25)16-5-2-3-6-17(16)22-20(23)26/h2-3,5-10,14H,4,11-13H2,1H3,(H,22,26)/t14-/m1/s1. The summed E-state index contributed by atoms with van der Waals surface area (Å²) in [4.78, 5) is 43.1.